The highest BCUT2D eigenvalue weighted by Gasteiger charge is 2.27. The zero-order valence-corrected chi connectivity index (χ0v) is 16.0. The van der Waals surface area contributed by atoms with Crippen molar-refractivity contribution in [2.45, 2.75) is 17.7 Å². The summed E-state index contributed by atoms with van der Waals surface area (Å²) in [6.45, 7) is 0.517. The number of hydrogen-bond acceptors (Lipinski definition) is 5. The molecule has 6 nitrogen and oxygen atoms in total. The van der Waals surface area contributed by atoms with E-state index in [0.717, 1.165) is 12.8 Å². The molecule has 0 spiro atoms. The number of ether oxygens (including phenoxy) is 1. The van der Waals surface area contributed by atoms with Crippen LogP contribution in [0.2, 0.25) is 5.02 Å². The molecule has 0 atom stereocenters. The number of Topliss-reactive ketones (excluding diaryl/α,β-unsaturated/α-hetero) is 1. The second-order valence-corrected chi connectivity index (χ2v) is 8.52. The molecule has 1 fully saturated rings. The number of halogens is 1. The van der Waals surface area contributed by atoms with Crippen LogP contribution in [-0.4, -0.2) is 44.2 Å². The highest BCUT2D eigenvalue weighted by molar-refractivity contribution is 7.89. The Bertz CT molecular complexity index is 950. The molecule has 1 heterocycles. The summed E-state index contributed by atoms with van der Waals surface area (Å²) in [6.07, 6.45) is 1.65. The minimum atomic E-state index is -3.63. The van der Waals surface area contributed by atoms with Gasteiger partial charge in [0.15, 0.2) is 12.4 Å². The molecule has 0 unspecified atom stereocenters. The first-order valence-corrected chi connectivity index (χ1v) is 10.3. The third-order valence-corrected chi connectivity index (χ3v) is 6.42. The molecular formula is C19H18ClNO5S. The summed E-state index contributed by atoms with van der Waals surface area (Å²) in [6, 6.07) is 11.9. The number of benzene rings is 2. The standard InChI is InChI=1S/C19H18ClNO5S/c20-16-8-6-14(7-9-16)18(22)13-26-19(23)15-4-3-5-17(12-15)27(24,25)21-10-1-2-11-21/h3-9,12H,1-2,10-11,13H2. The lowest BCUT2D eigenvalue weighted by Gasteiger charge is -2.15. The number of carbonyl (C=O) groups excluding carboxylic acids is 2. The number of rotatable bonds is 6. The summed E-state index contributed by atoms with van der Waals surface area (Å²) >= 11 is 5.77. The quantitative estimate of drug-likeness (QED) is 0.542. The normalized spacial score (nSPS) is 14.9. The van der Waals surface area contributed by atoms with E-state index in [2.05, 4.69) is 0 Å². The van der Waals surface area contributed by atoms with Crippen LogP contribution in [0.4, 0.5) is 0 Å². The summed E-state index contributed by atoms with van der Waals surface area (Å²) in [5, 5.41) is 0.500. The monoisotopic (exact) mass is 407 g/mol. The van der Waals surface area contributed by atoms with Gasteiger partial charge in [0.25, 0.3) is 0 Å². The van der Waals surface area contributed by atoms with E-state index < -0.39 is 22.6 Å². The van der Waals surface area contributed by atoms with E-state index in [1.165, 1.54) is 28.6 Å². The fourth-order valence-corrected chi connectivity index (χ4v) is 4.48. The Balaban J connectivity index is 1.68. The Hall–Kier alpha value is -2.22. The Morgan fingerprint density at radius 1 is 1.00 bits per heavy atom. The van der Waals surface area contributed by atoms with Gasteiger partial charge in [0.2, 0.25) is 10.0 Å². The van der Waals surface area contributed by atoms with E-state index in [1.807, 2.05) is 0 Å². The fourth-order valence-electron chi connectivity index (χ4n) is 2.79. The number of sulfonamides is 1. The zero-order valence-electron chi connectivity index (χ0n) is 14.4. The fraction of sp³-hybridized carbons (Fsp3) is 0.263. The molecule has 1 aliphatic rings. The van der Waals surface area contributed by atoms with Crippen molar-refractivity contribution in [1.82, 2.24) is 4.31 Å². The van der Waals surface area contributed by atoms with Crippen molar-refractivity contribution in [2.24, 2.45) is 0 Å². The van der Waals surface area contributed by atoms with Crippen LogP contribution in [0.3, 0.4) is 0 Å². The first-order valence-electron chi connectivity index (χ1n) is 8.44. The van der Waals surface area contributed by atoms with Crippen molar-refractivity contribution in [3.63, 3.8) is 0 Å². The summed E-state index contributed by atoms with van der Waals surface area (Å²) in [5.74, 6) is -1.13. The van der Waals surface area contributed by atoms with Gasteiger partial charge in [-0.1, -0.05) is 17.7 Å². The van der Waals surface area contributed by atoms with Crippen molar-refractivity contribution >= 4 is 33.4 Å². The van der Waals surface area contributed by atoms with Gasteiger partial charge in [-0.15, -0.1) is 0 Å². The third kappa shape index (κ3) is 4.55. The second-order valence-electron chi connectivity index (χ2n) is 6.15. The SMILES string of the molecule is O=C(COC(=O)c1cccc(S(=O)(=O)N2CCCC2)c1)c1ccc(Cl)cc1. The zero-order chi connectivity index (χ0) is 19.4. The van der Waals surface area contributed by atoms with Crippen LogP contribution in [0.5, 0.6) is 0 Å². The molecule has 142 valence electrons. The summed E-state index contributed by atoms with van der Waals surface area (Å²) < 4.78 is 31.6. The Morgan fingerprint density at radius 2 is 1.67 bits per heavy atom. The molecule has 0 bridgehead atoms. The molecule has 0 aliphatic carbocycles. The van der Waals surface area contributed by atoms with Crippen LogP contribution in [0.15, 0.2) is 53.4 Å². The van der Waals surface area contributed by atoms with Crippen molar-refractivity contribution in [3.8, 4) is 0 Å². The molecule has 2 aromatic carbocycles. The number of hydrogen-bond donors (Lipinski definition) is 0. The van der Waals surface area contributed by atoms with Gasteiger partial charge in [-0.25, -0.2) is 13.2 Å². The number of carbonyl (C=O) groups is 2. The van der Waals surface area contributed by atoms with Gasteiger partial charge in [-0.05, 0) is 55.3 Å². The Labute approximate surface area is 162 Å². The van der Waals surface area contributed by atoms with Crippen LogP contribution >= 0.6 is 11.6 Å². The van der Waals surface area contributed by atoms with Crippen LogP contribution in [0.1, 0.15) is 33.6 Å². The highest BCUT2D eigenvalue weighted by atomic mass is 35.5. The maximum atomic E-state index is 12.6. The molecule has 0 aromatic heterocycles. The molecule has 0 N–H and O–H groups in total. The summed E-state index contributed by atoms with van der Waals surface area (Å²) in [5.41, 5.74) is 0.455. The van der Waals surface area contributed by atoms with Gasteiger partial charge >= 0.3 is 5.97 Å². The van der Waals surface area contributed by atoms with E-state index >= 15 is 0 Å². The number of nitrogens with zero attached hydrogens (tertiary/aromatic N) is 1. The minimum Gasteiger partial charge on any atom is -0.454 e. The molecule has 2 aromatic rings. The van der Waals surface area contributed by atoms with Crippen LogP contribution in [0.25, 0.3) is 0 Å². The Kier molecular flexibility index (Phi) is 5.94. The minimum absolute atomic E-state index is 0.0443. The molecular weight excluding hydrogens is 390 g/mol. The molecule has 0 saturated carbocycles. The smallest absolute Gasteiger partial charge is 0.338 e. The van der Waals surface area contributed by atoms with Crippen LogP contribution in [-0.2, 0) is 14.8 Å². The van der Waals surface area contributed by atoms with Gasteiger partial charge in [-0.2, -0.15) is 4.31 Å². The second kappa shape index (κ2) is 8.21. The lowest BCUT2D eigenvalue weighted by atomic mass is 10.1. The lowest BCUT2D eigenvalue weighted by Crippen LogP contribution is -2.28. The molecule has 27 heavy (non-hydrogen) atoms. The van der Waals surface area contributed by atoms with Gasteiger partial charge < -0.3 is 4.74 Å². The van der Waals surface area contributed by atoms with Gasteiger partial charge in [-0.3, -0.25) is 4.79 Å². The predicted octanol–water partition coefficient (Wildman–Crippen LogP) is 3.16. The molecule has 3 rings (SSSR count). The van der Waals surface area contributed by atoms with Crippen molar-refractivity contribution in [3.05, 3.63) is 64.7 Å². The van der Waals surface area contributed by atoms with Crippen molar-refractivity contribution in [1.29, 1.82) is 0 Å². The molecule has 0 amide bonds. The largest absolute Gasteiger partial charge is 0.454 e. The van der Waals surface area contributed by atoms with E-state index in [9.17, 15) is 18.0 Å². The topological polar surface area (TPSA) is 80.8 Å². The molecule has 8 heteroatoms. The van der Waals surface area contributed by atoms with E-state index in [4.69, 9.17) is 16.3 Å². The molecule has 1 saturated heterocycles. The Morgan fingerprint density at radius 3 is 2.33 bits per heavy atom. The average Bonchev–Trinajstić information content (AvgIpc) is 3.22. The average molecular weight is 408 g/mol. The maximum Gasteiger partial charge on any atom is 0.338 e. The predicted molar refractivity (Wildman–Crippen MR) is 100 cm³/mol. The van der Waals surface area contributed by atoms with E-state index in [1.54, 1.807) is 24.3 Å². The number of esters is 1. The first kappa shape index (κ1) is 19.5. The van der Waals surface area contributed by atoms with Crippen molar-refractivity contribution in [2.75, 3.05) is 19.7 Å². The lowest BCUT2D eigenvalue weighted by molar-refractivity contribution is 0.0474. The van der Waals surface area contributed by atoms with Gasteiger partial charge in [0.1, 0.15) is 0 Å². The van der Waals surface area contributed by atoms with E-state index in [0.29, 0.717) is 23.7 Å². The molecule has 1 aliphatic heterocycles. The number of ketones is 1. The maximum absolute atomic E-state index is 12.6. The molecule has 0 radical (unpaired) electrons. The summed E-state index contributed by atoms with van der Waals surface area (Å²) in [7, 11) is -3.63. The van der Waals surface area contributed by atoms with Gasteiger partial charge in [0.05, 0.1) is 10.5 Å². The summed E-state index contributed by atoms with van der Waals surface area (Å²) in [4.78, 5) is 24.3. The van der Waals surface area contributed by atoms with Crippen LogP contribution < -0.4 is 0 Å². The third-order valence-electron chi connectivity index (χ3n) is 4.27. The first-order chi connectivity index (χ1) is 12.9. The van der Waals surface area contributed by atoms with Gasteiger partial charge in [0, 0.05) is 23.7 Å². The van der Waals surface area contributed by atoms with Crippen LogP contribution in [0, 0.1) is 0 Å². The highest BCUT2D eigenvalue weighted by Crippen LogP contribution is 2.22. The van der Waals surface area contributed by atoms with Crippen molar-refractivity contribution < 1.29 is 22.7 Å². The van der Waals surface area contributed by atoms with E-state index in [-0.39, 0.29) is 16.2 Å².